The number of nitrogens with zero attached hydrogens (tertiary/aromatic N) is 1. The molecule has 118 valence electrons. The zero-order chi connectivity index (χ0) is 16.2. The first-order valence-corrected chi connectivity index (χ1v) is 7.57. The van der Waals surface area contributed by atoms with E-state index in [1.807, 2.05) is 62.4 Å². The number of para-hydroxylation sites is 1. The number of rotatable bonds is 5. The van der Waals surface area contributed by atoms with Crippen LogP contribution in [-0.4, -0.2) is 28.8 Å². The molecule has 23 heavy (non-hydrogen) atoms. The van der Waals surface area contributed by atoms with Gasteiger partial charge in [0.1, 0.15) is 12.4 Å². The highest BCUT2D eigenvalue weighted by Crippen LogP contribution is 2.15. The summed E-state index contributed by atoms with van der Waals surface area (Å²) in [5, 5.41) is 10.7. The van der Waals surface area contributed by atoms with Gasteiger partial charge in [0, 0.05) is 5.39 Å². The normalized spacial score (nSPS) is 12.1. The smallest absolute Gasteiger partial charge is 0.272 e. The van der Waals surface area contributed by atoms with Crippen LogP contribution in [-0.2, 0) is 0 Å². The Bertz CT molecular complexity index is 809. The lowest BCUT2D eigenvalue weighted by atomic mass is 10.2. The van der Waals surface area contributed by atoms with Crippen LogP contribution in [0.3, 0.4) is 0 Å². The first kappa shape index (κ1) is 15.1. The minimum absolute atomic E-state index is 0.126. The van der Waals surface area contributed by atoms with E-state index in [0.717, 1.165) is 16.7 Å². The van der Waals surface area contributed by atoms with Gasteiger partial charge in [-0.3, -0.25) is 9.89 Å². The Hall–Kier alpha value is -2.82. The van der Waals surface area contributed by atoms with E-state index >= 15 is 0 Å². The van der Waals surface area contributed by atoms with Crippen LogP contribution < -0.4 is 10.1 Å². The van der Waals surface area contributed by atoms with Crippen molar-refractivity contribution < 1.29 is 9.53 Å². The quantitative estimate of drug-likeness (QED) is 0.761. The fourth-order valence-electron chi connectivity index (χ4n) is 2.33. The molecule has 0 saturated carbocycles. The largest absolute Gasteiger partial charge is 0.491 e. The maximum atomic E-state index is 12.3. The fourth-order valence-corrected chi connectivity index (χ4v) is 2.33. The van der Waals surface area contributed by atoms with Crippen molar-refractivity contribution in [2.45, 2.75) is 19.9 Å². The predicted octanol–water partition coefficient (Wildman–Crippen LogP) is 3.07. The standard InChI is InChI=1S/C18H19N3O2/c1-12-7-9-14(10-8-12)23-11-13(2)19-18(22)17-15-5-3-4-6-16(15)20-21-17/h3-10,13H,11H2,1-2H3,(H,19,22)(H,20,21). The number of amides is 1. The molecule has 0 aliphatic rings. The summed E-state index contributed by atoms with van der Waals surface area (Å²) in [7, 11) is 0. The van der Waals surface area contributed by atoms with Crippen molar-refractivity contribution in [2.75, 3.05) is 6.61 Å². The predicted molar refractivity (Wildman–Crippen MR) is 89.7 cm³/mol. The maximum absolute atomic E-state index is 12.3. The van der Waals surface area contributed by atoms with E-state index < -0.39 is 0 Å². The summed E-state index contributed by atoms with van der Waals surface area (Å²) in [5.74, 6) is 0.587. The molecule has 0 aliphatic heterocycles. The summed E-state index contributed by atoms with van der Waals surface area (Å²) >= 11 is 0. The van der Waals surface area contributed by atoms with Crippen LogP contribution in [0.5, 0.6) is 5.75 Å². The molecule has 1 aromatic heterocycles. The summed E-state index contributed by atoms with van der Waals surface area (Å²) in [5.41, 5.74) is 2.44. The first-order valence-electron chi connectivity index (χ1n) is 7.57. The van der Waals surface area contributed by atoms with Gasteiger partial charge in [-0.25, -0.2) is 0 Å². The molecule has 2 N–H and O–H groups in total. The number of H-pyrrole nitrogens is 1. The lowest BCUT2D eigenvalue weighted by Gasteiger charge is -2.14. The van der Waals surface area contributed by atoms with E-state index in [1.54, 1.807) is 0 Å². The summed E-state index contributed by atoms with van der Waals surface area (Å²) in [6, 6.07) is 15.3. The van der Waals surface area contributed by atoms with Gasteiger partial charge < -0.3 is 10.1 Å². The van der Waals surface area contributed by atoms with Gasteiger partial charge in [-0.2, -0.15) is 5.10 Å². The highest BCUT2D eigenvalue weighted by Gasteiger charge is 2.16. The number of ether oxygens (including phenoxy) is 1. The average molecular weight is 309 g/mol. The van der Waals surface area contributed by atoms with Crippen LogP contribution in [0.2, 0.25) is 0 Å². The third kappa shape index (κ3) is 3.51. The molecular weight excluding hydrogens is 290 g/mol. The second-order valence-electron chi connectivity index (χ2n) is 5.62. The minimum Gasteiger partial charge on any atom is -0.491 e. The lowest BCUT2D eigenvalue weighted by Crippen LogP contribution is -2.37. The van der Waals surface area contributed by atoms with Crippen LogP contribution in [0.4, 0.5) is 0 Å². The number of aromatic amines is 1. The zero-order valence-corrected chi connectivity index (χ0v) is 13.2. The molecule has 0 bridgehead atoms. The molecule has 2 aromatic carbocycles. The Morgan fingerprint density at radius 1 is 1.22 bits per heavy atom. The molecule has 1 atom stereocenters. The zero-order valence-electron chi connectivity index (χ0n) is 13.2. The van der Waals surface area contributed by atoms with Crippen molar-refractivity contribution in [3.63, 3.8) is 0 Å². The average Bonchev–Trinajstić information content (AvgIpc) is 2.98. The van der Waals surface area contributed by atoms with E-state index in [4.69, 9.17) is 4.74 Å². The van der Waals surface area contributed by atoms with Crippen LogP contribution in [0, 0.1) is 6.92 Å². The molecule has 0 fully saturated rings. The van der Waals surface area contributed by atoms with Crippen LogP contribution in [0.1, 0.15) is 23.0 Å². The van der Waals surface area contributed by atoms with Gasteiger partial charge in [-0.05, 0) is 32.0 Å². The molecule has 3 rings (SSSR count). The molecule has 0 spiro atoms. The lowest BCUT2D eigenvalue weighted by molar-refractivity contribution is 0.0923. The Morgan fingerprint density at radius 3 is 2.74 bits per heavy atom. The van der Waals surface area contributed by atoms with E-state index in [1.165, 1.54) is 5.56 Å². The van der Waals surface area contributed by atoms with Crippen LogP contribution in [0.25, 0.3) is 10.9 Å². The molecule has 0 saturated heterocycles. The molecule has 5 nitrogen and oxygen atoms in total. The van der Waals surface area contributed by atoms with E-state index in [0.29, 0.717) is 12.3 Å². The third-order valence-electron chi connectivity index (χ3n) is 3.58. The number of hydrogen-bond acceptors (Lipinski definition) is 3. The molecule has 1 amide bonds. The van der Waals surface area contributed by atoms with E-state index in [9.17, 15) is 4.79 Å². The second kappa shape index (κ2) is 6.52. The second-order valence-corrected chi connectivity index (χ2v) is 5.62. The van der Waals surface area contributed by atoms with Gasteiger partial charge in [0.05, 0.1) is 11.6 Å². The Labute approximate surface area is 134 Å². The Kier molecular flexibility index (Phi) is 4.28. The van der Waals surface area contributed by atoms with E-state index in [2.05, 4.69) is 15.5 Å². The van der Waals surface area contributed by atoms with Crippen LogP contribution in [0.15, 0.2) is 48.5 Å². The van der Waals surface area contributed by atoms with Gasteiger partial charge in [0.25, 0.3) is 5.91 Å². The number of aryl methyl sites for hydroxylation is 1. The van der Waals surface area contributed by atoms with Gasteiger partial charge in [-0.1, -0.05) is 35.9 Å². The number of carbonyl (C=O) groups is 1. The van der Waals surface area contributed by atoms with Gasteiger partial charge >= 0.3 is 0 Å². The topological polar surface area (TPSA) is 67.0 Å². The monoisotopic (exact) mass is 309 g/mol. The minimum atomic E-state index is -0.206. The number of carbonyl (C=O) groups excluding carboxylic acids is 1. The SMILES string of the molecule is Cc1ccc(OCC(C)NC(=O)c2n[nH]c3ccccc23)cc1. The fraction of sp³-hybridized carbons (Fsp3) is 0.222. The number of aromatic nitrogens is 2. The molecule has 0 aliphatic carbocycles. The summed E-state index contributed by atoms with van der Waals surface area (Å²) < 4.78 is 5.69. The van der Waals surface area contributed by atoms with Crippen molar-refractivity contribution >= 4 is 16.8 Å². The van der Waals surface area contributed by atoms with Crippen molar-refractivity contribution in [2.24, 2.45) is 0 Å². The van der Waals surface area contributed by atoms with Gasteiger partial charge in [0.2, 0.25) is 0 Å². The molecule has 1 heterocycles. The van der Waals surface area contributed by atoms with Crippen molar-refractivity contribution in [3.8, 4) is 5.75 Å². The highest BCUT2D eigenvalue weighted by molar-refractivity contribution is 6.04. The number of fused-ring (bicyclic) bond motifs is 1. The number of benzene rings is 2. The number of hydrogen-bond donors (Lipinski definition) is 2. The van der Waals surface area contributed by atoms with Crippen molar-refractivity contribution in [3.05, 3.63) is 59.8 Å². The number of nitrogens with one attached hydrogen (secondary N) is 2. The van der Waals surface area contributed by atoms with Crippen LogP contribution >= 0.6 is 0 Å². The summed E-state index contributed by atoms with van der Waals surface area (Å²) in [6.07, 6.45) is 0. The van der Waals surface area contributed by atoms with Crippen molar-refractivity contribution in [1.82, 2.24) is 15.5 Å². The molecule has 0 radical (unpaired) electrons. The highest BCUT2D eigenvalue weighted by atomic mass is 16.5. The van der Waals surface area contributed by atoms with Gasteiger partial charge in [0.15, 0.2) is 5.69 Å². The molecule has 5 heteroatoms. The third-order valence-corrected chi connectivity index (χ3v) is 3.58. The Morgan fingerprint density at radius 2 is 1.96 bits per heavy atom. The molecule has 3 aromatic rings. The first-order chi connectivity index (χ1) is 11.1. The Balaban J connectivity index is 1.60. The summed E-state index contributed by atoms with van der Waals surface area (Å²) in [4.78, 5) is 12.3. The van der Waals surface area contributed by atoms with Gasteiger partial charge in [-0.15, -0.1) is 0 Å². The molecular formula is C18H19N3O2. The van der Waals surface area contributed by atoms with E-state index in [-0.39, 0.29) is 11.9 Å². The molecule has 1 unspecified atom stereocenters. The summed E-state index contributed by atoms with van der Waals surface area (Å²) in [6.45, 7) is 4.33. The maximum Gasteiger partial charge on any atom is 0.272 e. The van der Waals surface area contributed by atoms with Crippen molar-refractivity contribution in [1.29, 1.82) is 0 Å².